The lowest BCUT2D eigenvalue weighted by Gasteiger charge is -2.36. The molecular weight excluding hydrogens is 397 g/mol. The Morgan fingerprint density at radius 1 is 1.23 bits per heavy atom. The van der Waals surface area contributed by atoms with Crippen LogP contribution in [0.15, 0.2) is 24.3 Å². The predicted octanol–water partition coefficient (Wildman–Crippen LogP) is 4.16. The molecule has 168 valence electrons. The van der Waals surface area contributed by atoms with Gasteiger partial charge in [0, 0.05) is 25.4 Å². The number of carbonyl (C=O) groups is 2. The normalized spacial score (nSPS) is 16.8. The monoisotopic (exact) mass is 428 g/mol. The lowest BCUT2D eigenvalue weighted by Crippen LogP contribution is -2.40. The maximum Gasteiger partial charge on any atom is 0.416 e. The average molecular weight is 428 g/mol. The summed E-state index contributed by atoms with van der Waals surface area (Å²) in [4.78, 5) is 25.7. The quantitative estimate of drug-likeness (QED) is 0.600. The summed E-state index contributed by atoms with van der Waals surface area (Å²) in [6.07, 6.45) is -0.0299. The molecule has 1 aliphatic heterocycles. The van der Waals surface area contributed by atoms with Crippen molar-refractivity contribution < 1.29 is 27.5 Å². The zero-order valence-electron chi connectivity index (χ0n) is 17.6. The summed E-state index contributed by atoms with van der Waals surface area (Å²) in [5.41, 5.74) is -0.269. The molecule has 1 atom stereocenters. The maximum atomic E-state index is 12.8. The summed E-state index contributed by atoms with van der Waals surface area (Å²) in [5, 5.41) is 2.72. The average Bonchev–Trinajstić information content (AvgIpc) is 2.74. The first-order chi connectivity index (χ1) is 14.2. The first-order valence-electron chi connectivity index (χ1n) is 10.4. The summed E-state index contributed by atoms with van der Waals surface area (Å²) in [6, 6.07) is 5.34. The Labute approximate surface area is 176 Å². The van der Waals surface area contributed by atoms with Gasteiger partial charge in [-0.2, -0.15) is 13.2 Å². The second-order valence-corrected chi connectivity index (χ2v) is 7.96. The molecule has 0 spiro atoms. The Balaban J connectivity index is 1.66. The molecular formula is C22H31F3N2O3. The lowest BCUT2D eigenvalue weighted by atomic mass is 9.91. The molecule has 0 bridgehead atoms. The fourth-order valence-corrected chi connectivity index (χ4v) is 3.78. The number of nitrogens with one attached hydrogen (secondary N) is 1. The number of halogens is 3. The van der Waals surface area contributed by atoms with Crippen LogP contribution in [0.5, 0.6) is 0 Å². The smallest absolute Gasteiger partial charge is 0.416 e. The first-order valence-corrected chi connectivity index (χ1v) is 10.4. The number of piperidine rings is 1. The van der Waals surface area contributed by atoms with Crippen molar-refractivity contribution in [1.29, 1.82) is 0 Å². The molecule has 1 saturated heterocycles. The van der Waals surface area contributed by atoms with Gasteiger partial charge in [0.1, 0.15) is 0 Å². The molecule has 1 amide bonds. The number of benzene rings is 1. The first kappa shape index (κ1) is 24.2. The molecule has 1 aromatic carbocycles. The number of amides is 1. The van der Waals surface area contributed by atoms with Crippen molar-refractivity contribution in [3.8, 4) is 0 Å². The molecule has 1 unspecified atom stereocenters. The number of alkyl halides is 3. The largest absolute Gasteiger partial charge is 0.469 e. The van der Waals surface area contributed by atoms with E-state index in [-0.39, 0.29) is 18.4 Å². The van der Waals surface area contributed by atoms with Gasteiger partial charge in [-0.1, -0.05) is 12.1 Å². The molecule has 0 aliphatic carbocycles. The molecule has 30 heavy (non-hydrogen) atoms. The Kier molecular flexibility index (Phi) is 9.14. The van der Waals surface area contributed by atoms with E-state index in [1.165, 1.54) is 13.2 Å². The number of likely N-dealkylation sites (tertiary alicyclic amines) is 1. The Bertz CT molecular complexity index is 701. The molecule has 1 aliphatic rings. The zero-order chi connectivity index (χ0) is 22.1. The van der Waals surface area contributed by atoms with E-state index < -0.39 is 11.7 Å². The van der Waals surface area contributed by atoms with Crippen LogP contribution in [0, 0.1) is 5.92 Å². The predicted molar refractivity (Wildman–Crippen MR) is 108 cm³/mol. The minimum atomic E-state index is -4.38. The van der Waals surface area contributed by atoms with Gasteiger partial charge in [0.2, 0.25) is 5.91 Å². The highest BCUT2D eigenvalue weighted by atomic mass is 19.4. The summed E-state index contributed by atoms with van der Waals surface area (Å²) in [5.74, 6) is 0.141. The van der Waals surface area contributed by atoms with Gasteiger partial charge in [0.05, 0.1) is 12.7 Å². The van der Waals surface area contributed by atoms with E-state index in [0.29, 0.717) is 30.4 Å². The third kappa shape index (κ3) is 7.97. The third-order valence-corrected chi connectivity index (χ3v) is 5.79. The number of nitrogens with zero attached hydrogens (tertiary/aromatic N) is 1. The second kappa shape index (κ2) is 11.3. The van der Waals surface area contributed by atoms with Crippen molar-refractivity contribution in [2.45, 2.75) is 64.2 Å². The van der Waals surface area contributed by atoms with Crippen LogP contribution < -0.4 is 5.32 Å². The maximum absolute atomic E-state index is 12.8. The van der Waals surface area contributed by atoms with Crippen molar-refractivity contribution in [3.63, 3.8) is 0 Å². The second-order valence-electron chi connectivity index (χ2n) is 7.96. The number of esters is 1. The van der Waals surface area contributed by atoms with Gasteiger partial charge in [-0.15, -0.1) is 0 Å². The van der Waals surface area contributed by atoms with Crippen LogP contribution in [0.4, 0.5) is 13.2 Å². The molecule has 2 rings (SSSR count). The van der Waals surface area contributed by atoms with Crippen LogP contribution in [0.3, 0.4) is 0 Å². The summed E-state index contributed by atoms with van der Waals surface area (Å²) in [6.45, 7) is 4.10. The van der Waals surface area contributed by atoms with Crippen LogP contribution in [0.25, 0.3) is 0 Å². The molecule has 8 heteroatoms. The number of rotatable bonds is 9. The van der Waals surface area contributed by atoms with Gasteiger partial charge in [0.15, 0.2) is 0 Å². The van der Waals surface area contributed by atoms with Gasteiger partial charge in [-0.3, -0.25) is 9.59 Å². The minimum absolute atomic E-state index is 0.0961. The Morgan fingerprint density at radius 2 is 1.93 bits per heavy atom. The van der Waals surface area contributed by atoms with E-state index in [9.17, 15) is 22.8 Å². The zero-order valence-corrected chi connectivity index (χ0v) is 17.6. The fraction of sp³-hybridized carbons (Fsp3) is 0.636. The number of methoxy groups -OCH3 is 1. The van der Waals surface area contributed by atoms with Gasteiger partial charge < -0.3 is 15.0 Å². The van der Waals surface area contributed by atoms with E-state index in [0.717, 1.165) is 50.9 Å². The fourth-order valence-electron chi connectivity index (χ4n) is 3.78. The number of carbonyl (C=O) groups excluding carboxylic acids is 2. The number of hydrogen-bond donors (Lipinski definition) is 1. The van der Waals surface area contributed by atoms with Crippen LogP contribution in [-0.2, 0) is 27.0 Å². The summed E-state index contributed by atoms with van der Waals surface area (Å²) < 4.78 is 42.9. The van der Waals surface area contributed by atoms with Crippen molar-refractivity contribution in [1.82, 2.24) is 10.2 Å². The highest BCUT2D eigenvalue weighted by Gasteiger charge is 2.30. The van der Waals surface area contributed by atoms with Crippen LogP contribution >= 0.6 is 0 Å². The number of ether oxygens (including phenoxy) is 1. The van der Waals surface area contributed by atoms with Crippen molar-refractivity contribution in [2.75, 3.05) is 20.2 Å². The molecule has 0 aromatic heterocycles. The van der Waals surface area contributed by atoms with E-state index >= 15 is 0 Å². The third-order valence-electron chi connectivity index (χ3n) is 5.79. The van der Waals surface area contributed by atoms with E-state index in [1.54, 1.807) is 6.07 Å². The van der Waals surface area contributed by atoms with Crippen LogP contribution in [-0.4, -0.2) is 43.0 Å². The molecule has 0 radical (unpaired) electrons. The molecule has 5 nitrogen and oxygen atoms in total. The highest BCUT2D eigenvalue weighted by molar-refractivity contribution is 5.75. The lowest BCUT2D eigenvalue weighted by molar-refractivity contribution is -0.141. The van der Waals surface area contributed by atoms with E-state index in [4.69, 9.17) is 0 Å². The van der Waals surface area contributed by atoms with Crippen LogP contribution in [0.1, 0.15) is 56.6 Å². The van der Waals surface area contributed by atoms with Crippen molar-refractivity contribution in [3.05, 3.63) is 35.4 Å². The van der Waals surface area contributed by atoms with Crippen LogP contribution in [0.2, 0.25) is 0 Å². The highest BCUT2D eigenvalue weighted by Crippen LogP contribution is 2.29. The topological polar surface area (TPSA) is 58.6 Å². The van der Waals surface area contributed by atoms with Crippen molar-refractivity contribution in [2.24, 2.45) is 5.92 Å². The molecule has 1 aromatic rings. The Hall–Kier alpha value is -2.09. The summed E-state index contributed by atoms with van der Waals surface area (Å²) >= 11 is 0. The SMILES string of the molecule is COC(=O)CCC(C)N1CCC(CCC(=O)NCc2cccc(C(F)(F)F)c2)CC1. The minimum Gasteiger partial charge on any atom is -0.469 e. The van der Waals surface area contributed by atoms with Gasteiger partial charge in [-0.05, 0) is 69.3 Å². The molecule has 1 N–H and O–H groups in total. The number of hydrogen-bond acceptors (Lipinski definition) is 4. The van der Waals surface area contributed by atoms with Gasteiger partial charge >= 0.3 is 12.1 Å². The Morgan fingerprint density at radius 3 is 2.57 bits per heavy atom. The summed E-state index contributed by atoms with van der Waals surface area (Å²) in [7, 11) is 1.40. The van der Waals surface area contributed by atoms with Gasteiger partial charge in [0.25, 0.3) is 0 Å². The van der Waals surface area contributed by atoms with E-state index in [2.05, 4.69) is 21.9 Å². The molecule has 1 heterocycles. The van der Waals surface area contributed by atoms with Crippen molar-refractivity contribution >= 4 is 11.9 Å². The molecule has 1 fully saturated rings. The van der Waals surface area contributed by atoms with E-state index in [1.807, 2.05) is 0 Å². The molecule has 0 saturated carbocycles. The van der Waals surface area contributed by atoms with Gasteiger partial charge in [-0.25, -0.2) is 0 Å². The standard InChI is InChI=1S/C22H31F3N2O3/c1-16(6-9-21(29)30-2)27-12-10-17(11-13-27)7-8-20(28)26-15-18-4-3-5-19(14-18)22(23,24)25/h3-5,14,16-17H,6-13,15H2,1-2H3,(H,26,28).